The molecule has 0 aliphatic carbocycles. The number of hydrogen-bond acceptors (Lipinski definition) is 5. The van der Waals surface area contributed by atoms with Gasteiger partial charge in [-0.2, -0.15) is 0 Å². The fourth-order valence-electron chi connectivity index (χ4n) is 2.25. The van der Waals surface area contributed by atoms with Gasteiger partial charge < -0.3 is 10.4 Å². The predicted octanol–water partition coefficient (Wildman–Crippen LogP) is 0.265. The number of thioether (sulfide) groups is 1. The summed E-state index contributed by atoms with van der Waals surface area (Å²) in [4.78, 5) is 47.5. The Hall–Kier alpha value is -1.61. The van der Waals surface area contributed by atoms with Crippen LogP contribution in [0.3, 0.4) is 0 Å². The molecule has 0 saturated carbocycles. The van der Waals surface area contributed by atoms with Crippen molar-refractivity contribution in [2.75, 3.05) is 11.1 Å². The number of β-lactam (4-membered cyclic amide) rings is 1. The molecule has 22 heavy (non-hydrogen) atoms. The van der Waals surface area contributed by atoms with Crippen LogP contribution in [-0.2, 0) is 19.2 Å². The van der Waals surface area contributed by atoms with Crippen molar-refractivity contribution >= 4 is 51.3 Å². The van der Waals surface area contributed by atoms with E-state index in [1.165, 1.54) is 17.8 Å². The molecule has 2 atom stereocenters. The molecular weight excluding hydrogens is 376 g/mol. The molecule has 2 aliphatic heterocycles. The van der Waals surface area contributed by atoms with Gasteiger partial charge in [-0.15, -0.1) is 11.8 Å². The summed E-state index contributed by atoms with van der Waals surface area (Å²) in [6.07, 6.45) is 1.10. The molecule has 2 heterocycles. The van der Waals surface area contributed by atoms with E-state index in [2.05, 4.69) is 27.8 Å². The van der Waals surface area contributed by atoms with E-state index in [-0.39, 0.29) is 23.2 Å². The smallest absolute Gasteiger partial charge is 0.352 e. The quantitative estimate of drug-likeness (QED) is 0.384. The molecule has 7 nitrogen and oxygen atoms in total. The highest BCUT2D eigenvalue weighted by Gasteiger charge is 2.53. The van der Waals surface area contributed by atoms with Crippen LogP contribution in [0.25, 0.3) is 0 Å². The van der Waals surface area contributed by atoms with Crippen molar-refractivity contribution < 1.29 is 24.3 Å². The maximum Gasteiger partial charge on any atom is 0.352 e. The van der Waals surface area contributed by atoms with Crippen LogP contribution in [0.1, 0.15) is 6.42 Å². The van der Waals surface area contributed by atoms with Crippen molar-refractivity contribution in [3.05, 3.63) is 23.9 Å². The molecule has 0 spiro atoms. The van der Waals surface area contributed by atoms with E-state index in [4.69, 9.17) is 0 Å². The number of hydrogen-bond donors (Lipinski definition) is 2. The minimum absolute atomic E-state index is 0.0674. The van der Waals surface area contributed by atoms with Gasteiger partial charge >= 0.3 is 5.97 Å². The van der Waals surface area contributed by atoms with Gasteiger partial charge in [0.15, 0.2) is 5.78 Å². The number of amides is 2. The van der Waals surface area contributed by atoms with Gasteiger partial charge in [0, 0.05) is 5.75 Å². The van der Waals surface area contributed by atoms with Crippen molar-refractivity contribution in [2.45, 2.75) is 17.8 Å². The number of fused-ring (bicyclic) bond motifs is 1. The summed E-state index contributed by atoms with van der Waals surface area (Å²) in [5.74, 6) is -2.14. The third-order valence-corrected chi connectivity index (χ3v) is 5.20. The normalized spacial score (nSPS) is 23.5. The zero-order valence-electron chi connectivity index (χ0n) is 11.4. The highest BCUT2D eigenvalue weighted by molar-refractivity contribution is 9.09. The summed E-state index contributed by atoms with van der Waals surface area (Å²) in [5.41, 5.74) is 0.382. The van der Waals surface area contributed by atoms with Gasteiger partial charge in [-0.3, -0.25) is 19.3 Å². The number of Topliss-reactive ketones (excluding diaryl/α,β-unsaturated/α-hetero) is 1. The molecule has 1 fully saturated rings. The van der Waals surface area contributed by atoms with Crippen LogP contribution in [0.5, 0.6) is 0 Å². The Kier molecular flexibility index (Phi) is 5.07. The van der Waals surface area contributed by atoms with Gasteiger partial charge in [0.2, 0.25) is 5.91 Å². The predicted molar refractivity (Wildman–Crippen MR) is 83.3 cm³/mol. The number of rotatable bonds is 6. The van der Waals surface area contributed by atoms with E-state index < -0.39 is 29.2 Å². The number of allylic oxidation sites excluding steroid dienone is 1. The van der Waals surface area contributed by atoms with Crippen molar-refractivity contribution in [3.63, 3.8) is 0 Å². The van der Waals surface area contributed by atoms with Gasteiger partial charge in [-0.25, -0.2) is 4.79 Å². The number of alkyl halides is 1. The van der Waals surface area contributed by atoms with Crippen LogP contribution in [0, 0.1) is 0 Å². The highest BCUT2D eigenvalue weighted by atomic mass is 79.9. The molecule has 118 valence electrons. The van der Waals surface area contributed by atoms with E-state index in [9.17, 15) is 24.3 Å². The third kappa shape index (κ3) is 2.95. The standard InChI is InChI=1S/C13H13BrN2O5S/c1-2-6-5-22-12-9(15-8(18)3-7(17)4-14)11(19)16(12)10(6)13(20)21/h2,9,12H,1,3-5H2,(H,15,18)(H,20,21)/t9?,12-/m0/s1. The molecule has 0 aromatic rings. The molecule has 0 bridgehead atoms. The van der Waals surface area contributed by atoms with Crippen LogP contribution in [0.15, 0.2) is 23.9 Å². The summed E-state index contributed by atoms with van der Waals surface area (Å²) < 4.78 is 0. The average Bonchev–Trinajstić information content (AvgIpc) is 2.50. The number of nitrogens with one attached hydrogen (secondary N) is 1. The van der Waals surface area contributed by atoms with Gasteiger partial charge in [0.25, 0.3) is 5.91 Å². The van der Waals surface area contributed by atoms with Gasteiger partial charge in [0.1, 0.15) is 17.1 Å². The zero-order valence-corrected chi connectivity index (χ0v) is 13.8. The van der Waals surface area contributed by atoms with Crippen molar-refractivity contribution in [3.8, 4) is 0 Å². The summed E-state index contributed by atoms with van der Waals surface area (Å²) in [5, 5.41) is 11.3. The lowest BCUT2D eigenvalue weighted by molar-refractivity contribution is -0.150. The number of carboxylic acids is 1. The number of halogens is 1. The first-order valence-corrected chi connectivity index (χ1v) is 8.48. The Bertz CT molecular complexity index is 603. The van der Waals surface area contributed by atoms with Crippen molar-refractivity contribution in [1.82, 2.24) is 10.2 Å². The van der Waals surface area contributed by atoms with Crippen LogP contribution in [0.2, 0.25) is 0 Å². The number of carbonyl (C=O) groups excluding carboxylic acids is 3. The molecule has 2 N–H and O–H groups in total. The Balaban J connectivity index is 2.10. The van der Waals surface area contributed by atoms with E-state index in [0.29, 0.717) is 11.3 Å². The average molecular weight is 389 g/mol. The van der Waals surface area contributed by atoms with Gasteiger partial charge in [-0.1, -0.05) is 28.6 Å². The fourth-order valence-corrected chi connectivity index (χ4v) is 3.79. The molecule has 2 rings (SSSR count). The largest absolute Gasteiger partial charge is 0.477 e. The number of nitrogens with zero attached hydrogens (tertiary/aromatic N) is 1. The molecule has 0 aromatic heterocycles. The van der Waals surface area contributed by atoms with Crippen molar-refractivity contribution in [1.29, 1.82) is 0 Å². The Labute approximate surface area is 138 Å². The maximum absolute atomic E-state index is 12.1. The van der Waals surface area contributed by atoms with E-state index in [0.717, 1.165) is 4.90 Å². The maximum atomic E-state index is 12.1. The Morgan fingerprint density at radius 3 is 2.73 bits per heavy atom. The molecular formula is C13H13BrN2O5S. The molecule has 0 aromatic carbocycles. The molecule has 9 heteroatoms. The van der Waals surface area contributed by atoms with Crippen LogP contribution in [0.4, 0.5) is 0 Å². The lowest BCUT2D eigenvalue weighted by atomic mass is 10.0. The molecule has 2 amide bonds. The number of aliphatic carboxylic acids is 1. The van der Waals surface area contributed by atoms with Crippen molar-refractivity contribution in [2.24, 2.45) is 0 Å². The molecule has 0 radical (unpaired) electrons. The lowest BCUT2D eigenvalue weighted by Gasteiger charge is -2.49. The minimum atomic E-state index is -1.20. The second kappa shape index (κ2) is 6.66. The molecule has 1 unspecified atom stereocenters. The topological polar surface area (TPSA) is 104 Å². The number of carbonyl (C=O) groups is 4. The Morgan fingerprint density at radius 1 is 1.50 bits per heavy atom. The first kappa shape index (κ1) is 16.8. The molecule has 2 aliphatic rings. The van der Waals surface area contributed by atoms with Crippen LogP contribution in [-0.4, -0.2) is 56.1 Å². The highest BCUT2D eigenvalue weighted by Crippen LogP contribution is 2.40. The first-order chi connectivity index (χ1) is 10.4. The molecule has 1 saturated heterocycles. The number of carboxylic acid groups (broad SMARTS) is 1. The summed E-state index contributed by atoms with van der Waals surface area (Å²) >= 11 is 4.31. The van der Waals surface area contributed by atoms with Gasteiger partial charge in [-0.05, 0) is 5.57 Å². The SMILES string of the molecule is C=CC1=C(C(=O)O)N2C(=O)C(NC(=O)CC(=O)CBr)[C@@H]2SC1. The van der Waals surface area contributed by atoms with Crippen LogP contribution < -0.4 is 5.32 Å². The monoisotopic (exact) mass is 388 g/mol. The zero-order chi connectivity index (χ0) is 16.4. The number of ketones is 1. The van der Waals surface area contributed by atoms with E-state index in [1.54, 1.807) is 0 Å². The Morgan fingerprint density at radius 2 is 2.18 bits per heavy atom. The minimum Gasteiger partial charge on any atom is -0.477 e. The van der Waals surface area contributed by atoms with Crippen LogP contribution >= 0.6 is 27.7 Å². The van der Waals surface area contributed by atoms with Gasteiger partial charge in [0.05, 0.1) is 11.8 Å². The second-order valence-corrected chi connectivity index (χ2v) is 6.35. The summed E-state index contributed by atoms with van der Waals surface area (Å²) in [6, 6.07) is -0.804. The second-order valence-electron chi connectivity index (χ2n) is 4.69. The van der Waals surface area contributed by atoms with E-state index in [1.807, 2.05) is 0 Å². The lowest BCUT2D eigenvalue weighted by Crippen LogP contribution is -2.70. The van der Waals surface area contributed by atoms with E-state index >= 15 is 0 Å². The fraction of sp³-hybridized carbons (Fsp3) is 0.385. The first-order valence-electron chi connectivity index (χ1n) is 6.31. The third-order valence-electron chi connectivity index (χ3n) is 3.27. The summed E-state index contributed by atoms with van der Waals surface area (Å²) in [6.45, 7) is 3.55. The summed E-state index contributed by atoms with van der Waals surface area (Å²) in [7, 11) is 0.